The van der Waals surface area contributed by atoms with Crippen molar-refractivity contribution in [1.29, 1.82) is 5.26 Å². The smallest absolute Gasteiger partial charge is 0.323 e. The summed E-state index contributed by atoms with van der Waals surface area (Å²) in [5, 5.41) is 12.8. The number of benzene rings is 3. The zero-order valence-electron chi connectivity index (χ0n) is 26.9. The molecule has 0 radical (unpaired) electrons. The number of carbonyl (C=O) groups excluding carboxylic acids is 2. The van der Waals surface area contributed by atoms with Gasteiger partial charge in [-0.1, -0.05) is 41.9 Å². The Bertz CT molecular complexity index is 1830. The average Bonchev–Trinajstić information content (AvgIpc) is 3.62. The van der Waals surface area contributed by atoms with Crippen LogP contribution in [0.2, 0.25) is 5.02 Å². The van der Waals surface area contributed by atoms with Gasteiger partial charge in [0.2, 0.25) is 0 Å². The summed E-state index contributed by atoms with van der Waals surface area (Å²) in [6.07, 6.45) is 4.77. The fourth-order valence-corrected chi connectivity index (χ4v) is 5.79. The molecule has 4 aromatic rings. The van der Waals surface area contributed by atoms with Crippen LogP contribution >= 0.6 is 11.6 Å². The van der Waals surface area contributed by atoms with Crippen molar-refractivity contribution in [2.75, 3.05) is 20.6 Å². The van der Waals surface area contributed by atoms with Crippen LogP contribution in [0.1, 0.15) is 56.6 Å². The first-order valence-corrected chi connectivity index (χ1v) is 15.8. The lowest BCUT2D eigenvalue weighted by Crippen LogP contribution is -2.32. The molecule has 1 aromatic heterocycles. The van der Waals surface area contributed by atoms with Crippen LogP contribution in [-0.2, 0) is 29.4 Å². The van der Waals surface area contributed by atoms with Crippen LogP contribution < -0.4 is 14.8 Å². The molecule has 3 aromatic carbocycles. The number of pyridine rings is 1. The van der Waals surface area contributed by atoms with Gasteiger partial charge >= 0.3 is 5.97 Å². The van der Waals surface area contributed by atoms with Crippen LogP contribution in [0, 0.1) is 25.2 Å². The topological polar surface area (TPSA) is 114 Å². The van der Waals surface area contributed by atoms with Gasteiger partial charge in [-0.2, -0.15) is 5.26 Å². The second-order valence-corrected chi connectivity index (χ2v) is 12.1. The van der Waals surface area contributed by atoms with Gasteiger partial charge in [0.1, 0.15) is 43.4 Å². The van der Waals surface area contributed by atoms with Crippen molar-refractivity contribution in [3.8, 4) is 28.7 Å². The molecule has 5 rings (SSSR count). The van der Waals surface area contributed by atoms with Crippen molar-refractivity contribution >= 4 is 23.5 Å². The van der Waals surface area contributed by atoms with Crippen molar-refractivity contribution in [2.24, 2.45) is 0 Å². The Morgan fingerprint density at radius 3 is 2.43 bits per heavy atom. The summed E-state index contributed by atoms with van der Waals surface area (Å²) >= 11 is 6.71. The predicted molar refractivity (Wildman–Crippen MR) is 179 cm³/mol. The molecule has 0 unspecified atom stereocenters. The number of hydrogen-bond acceptors (Lipinski definition) is 8. The lowest BCUT2D eigenvalue weighted by molar-refractivity contribution is -0.147. The van der Waals surface area contributed by atoms with Gasteiger partial charge in [-0.05, 0) is 79.3 Å². The first-order chi connectivity index (χ1) is 22.7. The van der Waals surface area contributed by atoms with Crippen molar-refractivity contribution < 1.29 is 23.8 Å². The van der Waals surface area contributed by atoms with Crippen molar-refractivity contribution in [3.05, 3.63) is 111 Å². The van der Waals surface area contributed by atoms with Gasteiger partial charge < -0.3 is 24.4 Å². The molecule has 1 fully saturated rings. The molecular weight excluding hydrogens is 616 g/mol. The Hall–Kier alpha value is -4.91. The lowest BCUT2D eigenvalue weighted by atomic mass is 9.91. The number of aromatic nitrogens is 1. The Kier molecular flexibility index (Phi) is 10.8. The largest absolute Gasteiger partial charge is 0.488 e. The van der Waals surface area contributed by atoms with E-state index >= 15 is 0 Å². The summed E-state index contributed by atoms with van der Waals surface area (Å²) in [7, 11) is 3.49. The summed E-state index contributed by atoms with van der Waals surface area (Å²) < 4.78 is 18.0. The number of nitrogens with zero attached hydrogens (tertiary/aromatic N) is 3. The SMILES string of the molecule is Cc1c(COc2cc(OCc3cncc(C#N)c3)c(COC(=O)[C@@H]3CCCN3)cc2Cl)cccc1-c1cccc(C(=O)N(C)C)c1C. The van der Waals surface area contributed by atoms with Crippen LogP contribution in [0.4, 0.5) is 0 Å². The highest BCUT2D eigenvalue weighted by Gasteiger charge is 2.24. The molecule has 1 saturated heterocycles. The van der Waals surface area contributed by atoms with Crippen LogP contribution in [0.3, 0.4) is 0 Å². The van der Waals surface area contributed by atoms with Crippen LogP contribution in [0.5, 0.6) is 11.5 Å². The van der Waals surface area contributed by atoms with Crippen LogP contribution in [0.25, 0.3) is 11.1 Å². The number of amides is 1. The maximum absolute atomic E-state index is 12.8. The molecule has 47 heavy (non-hydrogen) atoms. The minimum Gasteiger partial charge on any atom is -0.488 e. The van der Waals surface area contributed by atoms with E-state index in [9.17, 15) is 14.9 Å². The summed E-state index contributed by atoms with van der Waals surface area (Å²) in [6, 6.07) is 18.6. The first kappa shape index (κ1) is 33.5. The molecule has 1 amide bonds. The molecule has 0 aliphatic carbocycles. The zero-order chi connectivity index (χ0) is 33.5. The Labute approximate surface area is 280 Å². The zero-order valence-corrected chi connectivity index (χ0v) is 27.7. The maximum Gasteiger partial charge on any atom is 0.323 e. The maximum atomic E-state index is 12.8. The number of hydrogen-bond donors (Lipinski definition) is 1. The highest BCUT2D eigenvalue weighted by atomic mass is 35.5. The van der Waals surface area contributed by atoms with Gasteiger partial charge in [-0.25, -0.2) is 0 Å². The van der Waals surface area contributed by atoms with Gasteiger partial charge in [0.15, 0.2) is 0 Å². The van der Waals surface area contributed by atoms with Crippen molar-refractivity contribution in [2.45, 2.75) is 52.6 Å². The number of nitrogens with one attached hydrogen (secondary N) is 1. The van der Waals surface area contributed by atoms with E-state index in [-0.39, 0.29) is 37.7 Å². The predicted octanol–water partition coefficient (Wildman–Crippen LogP) is 6.55. The van der Waals surface area contributed by atoms with E-state index in [1.54, 1.807) is 43.4 Å². The van der Waals surface area contributed by atoms with Gasteiger partial charge in [0, 0.05) is 49.2 Å². The number of rotatable bonds is 11. The molecule has 1 aliphatic heterocycles. The molecule has 9 nitrogen and oxygen atoms in total. The monoisotopic (exact) mass is 652 g/mol. The molecule has 1 N–H and O–H groups in total. The number of nitriles is 1. The molecule has 1 atom stereocenters. The Morgan fingerprint density at radius 2 is 1.70 bits per heavy atom. The summed E-state index contributed by atoms with van der Waals surface area (Å²) in [6.45, 7) is 5.11. The van der Waals surface area contributed by atoms with Gasteiger partial charge in [0.05, 0.1) is 10.6 Å². The first-order valence-electron chi connectivity index (χ1n) is 15.4. The van der Waals surface area contributed by atoms with E-state index in [4.69, 9.17) is 25.8 Å². The number of ether oxygens (including phenoxy) is 3. The molecule has 10 heteroatoms. The molecule has 242 valence electrons. The number of halogens is 1. The second-order valence-electron chi connectivity index (χ2n) is 11.7. The van der Waals surface area contributed by atoms with Crippen LogP contribution in [0.15, 0.2) is 67.0 Å². The minimum atomic E-state index is -0.323. The van der Waals surface area contributed by atoms with Gasteiger partial charge in [-0.15, -0.1) is 0 Å². The van der Waals surface area contributed by atoms with Crippen LogP contribution in [-0.4, -0.2) is 48.4 Å². The fourth-order valence-electron chi connectivity index (χ4n) is 5.54. The Balaban J connectivity index is 1.38. The molecular formula is C37H37ClN4O5. The highest BCUT2D eigenvalue weighted by Crippen LogP contribution is 2.36. The van der Waals surface area contributed by atoms with E-state index < -0.39 is 0 Å². The van der Waals surface area contributed by atoms with E-state index in [1.807, 2.05) is 50.2 Å². The Morgan fingerprint density at radius 1 is 0.957 bits per heavy atom. The summed E-state index contributed by atoms with van der Waals surface area (Å²) in [5.41, 5.74) is 7.24. The lowest BCUT2D eigenvalue weighted by Gasteiger charge is -2.19. The molecule has 0 saturated carbocycles. The normalized spacial score (nSPS) is 13.9. The van der Waals surface area contributed by atoms with Crippen molar-refractivity contribution in [1.82, 2.24) is 15.2 Å². The van der Waals surface area contributed by atoms with E-state index in [2.05, 4.69) is 16.4 Å². The third-order valence-electron chi connectivity index (χ3n) is 8.24. The molecule has 0 bridgehead atoms. The third kappa shape index (κ3) is 7.91. The molecule has 2 heterocycles. The second kappa shape index (κ2) is 15.1. The summed E-state index contributed by atoms with van der Waals surface area (Å²) in [5.74, 6) is 0.467. The van der Waals surface area contributed by atoms with E-state index in [1.165, 1.54) is 6.20 Å². The standard InChI is InChI=1S/C37H37ClN4O5/c1-23-27(8-5-9-29(23)30-10-6-11-31(24(30)2)36(43)42(3)4)21-46-35-16-34(45-20-26-14-25(17-39)18-40-19-26)28(15-32(35)38)22-47-37(44)33-12-7-13-41-33/h5-6,8-11,14-16,18-19,33,41H,7,12-13,20-22H2,1-4H3/t33-/m0/s1. The summed E-state index contributed by atoms with van der Waals surface area (Å²) in [4.78, 5) is 31.1. The average molecular weight is 653 g/mol. The fraction of sp³-hybridized carbons (Fsp3) is 0.297. The van der Waals surface area contributed by atoms with Crippen molar-refractivity contribution in [3.63, 3.8) is 0 Å². The quantitative estimate of drug-likeness (QED) is 0.182. The van der Waals surface area contributed by atoms with E-state index in [0.29, 0.717) is 38.8 Å². The molecule has 1 aliphatic rings. The highest BCUT2D eigenvalue weighted by molar-refractivity contribution is 6.32. The third-order valence-corrected chi connectivity index (χ3v) is 8.53. The number of carbonyl (C=O) groups is 2. The van der Waals surface area contributed by atoms with Gasteiger partial charge in [0.25, 0.3) is 5.91 Å². The van der Waals surface area contributed by atoms with Gasteiger partial charge in [-0.3, -0.25) is 14.6 Å². The molecule has 0 spiro atoms. The van der Waals surface area contributed by atoms with E-state index in [0.717, 1.165) is 47.2 Å². The number of esters is 1. The minimum absolute atomic E-state index is 0.0290.